The fraction of sp³-hybridized carbons (Fsp3) is 0.273. The molecule has 5 heteroatoms. The van der Waals surface area contributed by atoms with Gasteiger partial charge < -0.3 is 5.32 Å². The Bertz CT molecular complexity index is 453. The van der Waals surface area contributed by atoms with Gasteiger partial charge in [0.05, 0.1) is 5.69 Å². The molecule has 1 N–H and O–H groups in total. The zero-order valence-electron chi connectivity index (χ0n) is 9.02. The Kier molecular flexibility index (Phi) is 3.26. The lowest BCUT2D eigenvalue weighted by Crippen LogP contribution is -2.14. The fourth-order valence-electron chi connectivity index (χ4n) is 1.51. The van der Waals surface area contributed by atoms with Gasteiger partial charge in [0.25, 0.3) is 0 Å². The highest BCUT2D eigenvalue weighted by Gasteiger charge is 2.06. The Morgan fingerprint density at radius 3 is 3.00 bits per heavy atom. The maximum absolute atomic E-state index is 13.1. The number of halogens is 1. The fourth-order valence-corrected chi connectivity index (χ4v) is 1.51. The van der Waals surface area contributed by atoms with Crippen LogP contribution in [0.25, 0.3) is 5.69 Å². The maximum Gasteiger partial charge on any atom is 0.138 e. The van der Waals surface area contributed by atoms with Crippen molar-refractivity contribution in [1.29, 1.82) is 0 Å². The van der Waals surface area contributed by atoms with Crippen molar-refractivity contribution in [1.82, 2.24) is 20.1 Å². The number of aromatic nitrogens is 3. The van der Waals surface area contributed by atoms with Gasteiger partial charge >= 0.3 is 0 Å². The van der Waals surface area contributed by atoms with Crippen LogP contribution in [-0.2, 0) is 6.54 Å². The van der Waals surface area contributed by atoms with Crippen LogP contribution in [0.2, 0.25) is 0 Å². The number of hydrogen-bond donors (Lipinski definition) is 1. The molecule has 1 aromatic carbocycles. The van der Waals surface area contributed by atoms with Crippen molar-refractivity contribution in [2.45, 2.75) is 13.5 Å². The summed E-state index contributed by atoms with van der Waals surface area (Å²) in [6, 6.07) is 4.64. The lowest BCUT2D eigenvalue weighted by Gasteiger charge is -2.09. The van der Waals surface area contributed by atoms with Gasteiger partial charge in [0, 0.05) is 6.54 Å². The van der Waals surface area contributed by atoms with E-state index in [9.17, 15) is 4.39 Å². The third-order valence-corrected chi connectivity index (χ3v) is 2.27. The van der Waals surface area contributed by atoms with E-state index in [4.69, 9.17) is 0 Å². The summed E-state index contributed by atoms with van der Waals surface area (Å²) in [5.74, 6) is -0.239. The first-order chi connectivity index (χ1) is 7.81. The predicted molar refractivity (Wildman–Crippen MR) is 58.7 cm³/mol. The van der Waals surface area contributed by atoms with Crippen molar-refractivity contribution in [3.63, 3.8) is 0 Å². The first-order valence-electron chi connectivity index (χ1n) is 5.15. The molecular formula is C11H13FN4. The van der Waals surface area contributed by atoms with Gasteiger partial charge in [0.15, 0.2) is 0 Å². The standard InChI is InChI=1S/C11H13FN4/c1-2-13-6-9-5-10(12)3-4-11(9)16-8-14-7-15-16/h3-5,7-8,13H,2,6H2,1H3. The minimum atomic E-state index is -0.239. The van der Waals surface area contributed by atoms with E-state index in [1.165, 1.54) is 18.5 Å². The molecular weight excluding hydrogens is 207 g/mol. The van der Waals surface area contributed by atoms with Gasteiger partial charge in [0.2, 0.25) is 0 Å². The zero-order chi connectivity index (χ0) is 11.4. The molecule has 0 bridgehead atoms. The molecule has 1 heterocycles. The van der Waals surface area contributed by atoms with Gasteiger partial charge in [-0.25, -0.2) is 14.1 Å². The Morgan fingerprint density at radius 1 is 1.44 bits per heavy atom. The quantitative estimate of drug-likeness (QED) is 0.849. The summed E-state index contributed by atoms with van der Waals surface area (Å²) in [5.41, 5.74) is 1.72. The van der Waals surface area contributed by atoms with Crippen LogP contribution in [0.15, 0.2) is 30.9 Å². The number of benzene rings is 1. The van der Waals surface area contributed by atoms with Crippen LogP contribution in [0.3, 0.4) is 0 Å². The molecule has 0 amide bonds. The molecule has 0 spiro atoms. The molecule has 2 aromatic rings. The summed E-state index contributed by atoms with van der Waals surface area (Å²) in [5, 5.41) is 7.21. The van der Waals surface area contributed by atoms with E-state index < -0.39 is 0 Å². The summed E-state index contributed by atoms with van der Waals surface area (Å²) in [7, 11) is 0. The summed E-state index contributed by atoms with van der Waals surface area (Å²) in [6.45, 7) is 3.46. The van der Waals surface area contributed by atoms with Crippen molar-refractivity contribution in [2.75, 3.05) is 6.54 Å². The monoisotopic (exact) mass is 220 g/mol. The van der Waals surface area contributed by atoms with E-state index >= 15 is 0 Å². The summed E-state index contributed by atoms with van der Waals surface area (Å²) in [6.07, 6.45) is 3.06. The van der Waals surface area contributed by atoms with Gasteiger partial charge in [-0.1, -0.05) is 6.92 Å². The molecule has 0 saturated carbocycles. The lowest BCUT2D eigenvalue weighted by atomic mass is 10.1. The first-order valence-corrected chi connectivity index (χ1v) is 5.15. The summed E-state index contributed by atoms with van der Waals surface area (Å²) >= 11 is 0. The average molecular weight is 220 g/mol. The molecule has 0 atom stereocenters. The molecule has 4 nitrogen and oxygen atoms in total. The number of rotatable bonds is 4. The average Bonchev–Trinajstić information content (AvgIpc) is 2.80. The minimum Gasteiger partial charge on any atom is -0.313 e. The molecule has 0 fully saturated rings. The van der Waals surface area contributed by atoms with E-state index in [0.717, 1.165) is 17.8 Å². The third kappa shape index (κ3) is 2.25. The van der Waals surface area contributed by atoms with E-state index in [1.54, 1.807) is 17.1 Å². The van der Waals surface area contributed by atoms with Gasteiger partial charge in [-0.3, -0.25) is 0 Å². The van der Waals surface area contributed by atoms with Crippen molar-refractivity contribution in [2.24, 2.45) is 0 Å². The highest BCUT2D eigenvalue weighted by molar-refractivity contribution is 5.40. The van der Waals surface area contributed by atoms with E-state index in [2.05, 4.69) is 15.4 Å². The van der Waals surface area contributed by atoms with E-state index in [-0.39, 0.29) is 5.82 Å². The van der Waals surface area contributed by atoms with Gasteiger partial charge in [-0.2, -0.15) is 5.10 Å². The number of nitrogens with zero attached hydrogens (tertiary/aromatic N) is 3. The van der Waals surface area contributed by atoms with Gasteiger partial charge in [-0.15, -0.1) is 0 Å². The van der Waals surface area contributed by atoms with Crippen LogP contribution in [-0.4, -0.2) is 21.3 Å². The van der Waals surface area contributed by atoms with Crippen molar-refractivity contribution in [3.8, 4) is 5.69 Å². The smallest absolute Gasteiger partial charge is 0.138 e. The Morgan fingerprint density at radius 2 is 2.31 bits per heavy atom. The second-order valence-electron chi connectivity index (χ2n) is 3.39. The number of hydrogen-bond acceptors (Lipinski definition) is 3. The second kappa shape index (κ2) is 4.85. The molecule has 0 aliphatic rings. The first kappa shape index (κ1) is 10.8. The molecule has 1 aromatic heterocycles. The van der Waals surface area contributed by atoms with Crippen LogP contribution < -0.4 is 5.32 Å². The van der Waals surface area contributed by atoms with Gasteiger partial charge in [-0.05, 0) is 30.3 Å². The molecule has 0 radical (unpaired) electrons. The summed E-state index contributed by atoms with van der Waals surface area (Å²) < 4.78 is 14.8. The molecule has 0 unspecified atom stereocenters. The minimum absolute atomic E-state index is 0.239. The van der Waals surface area contributed by atoms with Crippen molar-refractivity contribution in [3.05, 3.63) is 42.2 Å². The molecule has 2 rings (SSSR count). The Hall–Kier alpha value is -1.75. The van der Waals surface area contributed by atoms with Crippen molar-refractivity contribution < 1.29 is 4.39 Å². The molecule has 0 aliphatic heterocycles. The van der Waals surface area contributed by atoms with Crippen LogP contribution in [0, 0.1) is 5.82 Å². The van der Waals surface area contributed by atoms with Crippen molar-refractivity contribution >= 4 is 0 Å². The topological polar surface area (TPSA) is 42.7 Å². The molecule has 84 valence electrons. The zero-order valence-corrected chi connectivity index (χ0v) is 9.02. The SMILES string of the molecule is CCNCc1cc(F)ccc1-n1cncn1. The Labute approximate surface area is 93.1 Å². The second-order valence-corrected chi connectivity index (χ2v) is 3.39. The highest BCUT2D eigenvalue weighted by atomic mass is 19.1. The van der Waals surface area contributed by atoms with Crippen LogP contribution in [0.5, 0.6) is 0 Å². The highest BCUT2D eigenvalue weighted by Crippen LogP contribution is 2.14. The molecule has 16 heavy (non-hydrogen) atoms. The van der Waals surface area contributed by atoms with Crippen LogP contribution in [0.1, 0.15) is 12.5 Å². The van der Waals surface area contributed by atoms with E-state index in [0.29, 0.717) is 6.54 Å². The van der Waals surface area contributed by atoms with Crippen LogP contribution in [0.4, 0.5) is 4.39 Å². The number of nitrogens with one attached hydrogen (secondary N) is 1. The Balaban J connectivity index is 2.36. The predicted octanol–water partition coefficient (Wildman–Crippen LogP) is 1.52. The molecule has 0 saturated heterocycles. The van der Waals surface area contributed by atoms with E-state index in [1.807, 2.05) is 6.92 Å². The lowest BCUT2D eigenvalue weighted by molar-refractivity contribution is 0.620. The normalized spacial score (nSPS) is 10.6. The summed E-state index contributed by atoms with van der Waals surface area (Å²) in [4.78, 5) is 3.88. The molecule has 0 aliphatic carbocycles. The third-order valence-electron chi connectivity index (χ3n) is 2.27. The largest absolute Gasteiger partial charge is 0.313 e. The maximum atomic E-state index is 13.1. The van der Waals surface area contributed by atoms with Crippen LogP contribution >= 0.6 is 0 Å². The van der Waals surface area contributed by atoms with Gasteiger partial charge in [0.1, 0.15) is 18.5 Å².